The van der Waals surface area contributed by atoms with Gasteiger partial charge in [0.05, 0.1) is 6.61 Å². The van der Waals surface area contributed by atoms with Crippen molar-refractivity contribution in [3.63, 3.8) is 0 Å². The fourth-order valence-corrected chi connectivity index (χ4v) is 3.87. The van der Waals surface area contributed by atoms with E-state index in [4.69, 9.17) is 4.74 Å². The molecule has 2 rings (SSSR count). The first-order valence-electron chi connectivity index (χ1n) is 7.47. The van der Waals surface area contributed by atoms with Crippen molar-refractivity contribution in [2.45, 2.75) is 31.7 Å². The zero-order chi connectivity index (χ0) is 14.6. The second-order valence-electron chi connectivity index (χ2n) is 5.85. The first kappa shape index (κ1) is 16.2. The van der Waals surface area contributed by atoms with Gasteiger partial charge >= 0.3 is 0 Å². The van der Waals surface area contributed by atoms with Crippen molar-refractivity contribution in [3.8, 4) is 0 Å². The number of piperidine rings is 1. The maximum Gasteiger partial charge on any atom is 0.281 e. The highest BCUT2D eigenvalue weighted by Crippen LogP contribution is 2.23. The van der Waals surface area contributed by atoms with Gasteiger partial charge in [-0.3, -0.25) is 0 Å². The van der Waals surface area contributed by atoms with E-state index < -0.39 is 10.2 Å². The molecule has 0 spiro atoms. The molecule has 20 heavy (non-hydrogen) atoms. The second-order valence-corrected chi connectivity index (χ2v) is 7.88. The summed E-state index contributed by atoms with van der Waals surface area (Å²) in [6, 6.07) is 0.733. The summed E-state index contributed by atoms with van der Waals surface area (Å²) in [5, 5.41) is 3.54. The highest BCUT2D eigenvalue weighted by atomic mass is 32.2. The monoisotopic (exact) mass is 305 g/mol. The van der Waals surface area contributed by atoms with Crippen molar-refractivity contribution in [1.29, 1.82) is 0 Å². The van der Waals surface area contributed by atoms with Crippen LogP contribution in [0.4, 0.5) is 0 Å². The molecule has 1 aliphatic carbocycles. The molecule has 0 bridgehead atoms. The van der Waals surface area contributed by atoms with Gasteiger partial charge in [-0.05, 0) is 38.1 Å². The number of nitrogens with one attached hydrogen (secondary N) is 1. The average molecular weight is 305 g/mol. The maximum atomic E-state index is 12.4. The third-order valence-electron chi connectivity index (χ3n) is 4.18. The summed E-state index contributed by atoms with van der Waals surface area (Å²) in [4.78, 5) is 0. The fourth-order valence-electron chi connectivity index (χ4n) is 2.50. The van der Waals surface area contributed by atoms with Gasteiger partial charge in [0.2, 0.25) is 0 Å². The highest BCUT2D eigenvalue weighted by molar-refractivity contribution is 7.86. The minimum absolute atomic E-state index is 0.405. The van der Waals surface area contributed by atoms with Crippen molar-refractivity contribution >= 4 is 10.2 Å². The zero-order valence-electron chi connectivity index (χ0n) is 12.5. The third-order valence-corrected chi connectivity index (χ3v) is 6.16. The van der Waals surface area contributed by atoms with Gasteiger partial charge in [-0.1, -0.05) is 0 Å². The van der Waals surface area contributed by atoms with Gasteiger partial charge in [0.25, 0.3) is 10.2 Å². The minimum Gasteiger partial charge on any atom is -0.383 e. The molecule has 2 fully saturated rings. The van der Waals surface area contributed by atoms with Gasteiger partial charge < -0.3 is 10.1 Å². The number of methoxy groups -OCH3 is 1. The Hall–Kier alpha value is -0.210. The third kappa shape index (κ3) is 4.39. The van der Waals surface area contributed by atoms with Crippen LogP contribution in [0.1, 0.15) is 25.7 Å². The Morgan fingerprint density at radius 2 is 1.90 bits per heavy atom. The van der Waals surface area contributed by atoms with E-state index in [1.165, 1.54) is 17.1 Å². The lowest BCUT2D eigenvalue weighted by molar-refractivity contribution is 0.180. The molecule has 1 heterocycles. The van der Waals surface area contributed by atoms with Crippen LogP contribution >= 0.6 is 0 Å². The van der Waals surface area contributed by atoms with Crippen LogP contribution in [-0.4, -0.2) is 70.0 Å². The molecule has 0 aromatic heterocycles. The van der Waals surface area contributed by atoms with E-state index in [-0.39, 0.29) is 0 Å². The summed E-state index contributed by atoms with van der Waals surface area (Å²) in [6.45, 7) is 3.14. The largest absolute Gasteiger partial charge is 0.383 e. The quantitative estimate of drug-likeness (QED) is 0.699. The van der Waals surface area contributed by atoms with Crippen molar-refractivity contribution in [2.75, 3.05) is 46.9 Å². The molecule has 6 nitrogen and oxygen atoms in total. The van der Waals surface area contributed by atoms with Gasteiger partial charge in [0.1, 0.15) is 0 Å². The van der Waals surface area contributed by atoms with E-state index in [0.29, 0.717) is 32.2 Å². The van der Waals surface area contributed by atoms with E-state index in [0.717, 1.165) is 25.4 Å². The Labute approximate surface area is 122 Å². The topological polar surface area (TPSA) is 61.9 Å². The van der Waals surface area contributed by atoms with Gasteiger partial charge in [-0.2, -0.15) is 17.0 Å². The molecule has 1 saturated heterocycles. The van der Waals surface area contributed by atoms with Gasteiger partial charge in [0, 0.05) is 39.8 Å². The molecule has 0 radical (unpaired) electrons. The molecule has 1 N–H and O–H groups in total. The molecule has 7 heteroatoms. The van der Waals surface area contributed by atoms with Crippen LogP contribution in [0.2, 0.25) is 0 Å². The Kier molecular flexibility index (Phi) is 5.80. The minimum atomic E-state index is -3.31. The Morgan fingerprint density at radius 3 is 2.45 bits per heavy atom. The summed E-state index contributed by atoms with van der Waals surface area (Å²) in [5.41, 5.74) is 0. The van der Waals surface area contributed by atoms with Crippen LogP contribution in [0.3, 0.4) is 0 Å². The zero-order valence-corrected chi connectivity index (χ0v) is 13.4. The van der Waals surface area contributed by atoms with Crippen molar-refractivity contribution in [3.05, 3.63) is 0 Å². The molecule has 0 amide bonds. The number of hydrogen-bond donors (Lipinski definition) is 1. The summed E-state index contributed by atoms with van der Waals surface area (Å²) in [5.74, 6) is 0.617. The molecule has 0 aromatic rings. The number of hydrogen-bond acceptors (Lipinski definition) is 4. The second kappa shape index (κ2) is 7.17. The number of likely N-dealkylation sites (N-methyl/N-ethyl adjacent to an activating group) is 1. The van der Waals surface area contributed by atoms with Crippen LogP contribution in [-0.2, 0) is 14.9 Å². The Morgan fingerprint density at radius 1 is 1.25 bits per heavy atom. The van der Waals surface area contributed by atoms with E-state index in [1.807, 2.05) is 0 Å². The predicted octanol–water partition coefficient (Wildman–Crippen LogP) is 0.273. The predicted molar refractivity (Wildman–Crippen MR) is 78.7 cm³/mol. The van der Waals surface area contributed by atoms with Gasteiger partial charge in [-0.25, -0.2) is 0 Å². The van der Waals surface area contributed by atoms with Gasteiger partial charge in [0.15, 0.2) is 0 Å². The summed E-state index contributed by atoms with van der Waals surface area (Å²) >= 11 is 0. The molecule has 118 valence electrons. The molecule has 0 aromatic carbocycles. The molecule has 0 atom stereocenters. The van der Waals surface area contributed by atoms with E-state index in [9.17, 15) is 8.42 Å². The smallest absolute Gasteiger partial charge is 0.281 e. The van der Waals surface area contributed by atoms with Crippen molar-refractivity contribution < 1.29 is 13.2 Å². The Balaban J connectivity index is 1.76. The van der Waals surface area contributed by atoms with Crippen LogP contribution in [0.25, 0.3) is 0 Å². The van der Waals surface area contributed by atoms with E-state index >= 15 is 0 Å². The van der Waals surface area contributed by atoms with Crippen molar-refractivity contribution in [1.82, 2.24) is 13.9 Å². The molecule has 0 unspecified atom stereocenters. The lowest BCUT2D eigenvalue weighted by atomic mass is 9.98. The fraction of sp³-hybridized carbons (Fsp3) is 1.00. The normalized spacial score (nSPS) is 22.6. The number of nitrogens with zero attached hydrogens (tertiary/aromatic N) is 2. The summed E-state index contributed by atoms with van der Waals surface area (Å²) in [6.07, 6.45) is 4.52. The lowest BCUT2D eigenvalue weighted by Gasteiger charge is -2.33. The van der Waals surface area contributed by atoms with E-state index in [2.05, 4.69) is 5.32 Å². The molecular formula is C13H27N3O3S. The molecule has 1 saturated carbocycles. The van der Waals surface area contributed by atoms with E-state index in [1.54, 1.807) is 18.5 Å². The van der Waals surface area contributed by atoms with Crippen LogP contribution in [0, 0.1) is 5.92 Å². The van der Waals surface area contributed by atoms with Crippen LogP contribution in [0.5, 0.6) is 0 Å². The van der Waals surface area contributed by atoms with Crippen molar-refractivity contribution in [2.24, 2.45) is 5.92 Å². The Bertz CT molecular complexity index is 390. The summed E-state index contributed by atoms with van der Waals surface area (Å²) < 4.78 is 32.6. The molecular weight excluding hydrogens is 278 g/mol. The average Bonchev–Trinajstić information content (AvgIpc) is 3.27. The number of rotatable bonds is 8. The van der Waals surface area contributed by atoms with Crippen LogP contribution in [0.15, 0.2) is 0 Å². The van der Waals surface area contributed by atoms with Crippen LogP contribution < -0.4 is 5.32 Å². The first-order valence-corrected chi connectivity index (χ1v) is 8.87. The number of ether oxygens (including phenoxy) is 1. The lowest BCUT2D eigenvalue weighted by Crippen LogP contribution is -2.47. The SMILES string of the molecule is COCCN(C)S(=O)(=O)N1CCC(CNC2CC2)CC1. The first-order chi connectivity index (χ1) is 9.54. The standard InChI is InChI=1S/C13H27N3O3S/c1-15(9-10-19-2)20(17,18)16-7-5-12(6-8-16)11-14-13-3-4-13/h12-14H,3-11H2,1-2H3. The highest BCUT2D eigenvalue weighted by Gasteiger charge is 2.31. The maximum absolute atomic E-state index is 12.4. The molecule has 1 aliphatic heterocycles. The summed E-state index contributed by atoms with van der Waals surface area (Å²) in [7, 11) is -0.108. The molecule has 2 aliphatic rings. The van der Waals surface area contributed by atoms with Gasteiger partial charge in [-0.15, -0.1) is 0 Å².